The number of nitrogens with zero attached hydrogens (tertiary/aromatic N) is 2. The fraction of sp³-hybridized carbons (Fsp3) is 0.133. The van der Waals surface area contributed by atoms with E-state index in [9.17, 15) is 55.5 Å². The molecule has 0 fully saturated rings. The molecule has 2 unspecified atom stereocenters. The van der Waals surface area contributed by atoms with E-state index in [1.165, 1.54) is 24.3 Å². The summed E-state index contributed by atoms with van der Waals surface area (Å²) in [4.78, 5) is 22.1. The number of hydrogen-bond acceptors (Lipinski definition) is 8. The number of nitro benzene ring substituents is 1. The van der Waals surface area contributed by atoms with Crippen LogP contribution in [0, 0.1) is 33.1 Å². The lowest BCUT2D eigenvalue weighted by Gasteiger charge is -2.37. The molecular formula is C30H20F5N3O7S. The van der Waals surface area contributed by atoms with Gasteiger partial charge in [0.15, 0.2) is 9.84 Å². The van der Waals surface area contributed by atoms with Crippen molar-refractivity contribution in [3.63, 3.8) is 0 Å². The number of alkyl halides is 3. The van der Waals surface area contributed by atoms with Crippen LogP contribution in [0.5, 0.6) is 5.75 Å². The fourth-order valence-corrected chi connectivity index (χ4v) is 6.81. The number of phenolic OH excluding ortho intramolecular Hbond substituents is 1. The van der Waals surface area contributed by atoms with Gasteiger partial charge in [0.25, 0.3) is 11.6 Å². The molecule has 0 saturated carbocycles. The predicted molar refractivity (Wildman–Crippen MR) is 150 cm³/mol. The van der Waals surface area contributed by atoms with Gasteiger partial charge in [0, 0.05) is 6.07 Å². The monoisotopic (exact) mass is 661 g/mol. The summed E-state index contributed by atoms with van der Waals surface area (Å²) in [5, 5.41) is 42.5. The predicted octanol–water partition coefficient (Wildman–Crippen LogP) is 5.30. The number of carbonyl (C=O) groups excluding carboxylic acids is 1. The van der Waals surface area contributed by atoms with Gasteiger partial charge in [-0.1, -0.05) is 30.3 Å². The van der Waals surface area contributed by atoms with Crippen LogP contribution in [-0.2, 0) is 21.6 Å². The van der Waals surface area contributed by atoms with Crippen LogP contribution in [0.4, 0.5) is 27.6 Å². The van der Waals surface area contributed by atoms with Crippen LogP contribution < -0.4 is 5.32 Å². The minimum Gasteiger partial charge on any atom is -0.507 e. The number of aromatic hydroxyl groups is 1. The van der Waals surface area contributed by atoms with E-state index in [0.29, 0.717) is 18.2 Å². The lowest BCUT2D eigenvalue weighted by molar-refractivity contribution is -0.388. The first-order valence-electron chi connectivity index (χ1n) is 12.8. The molecule has 0 heterocycles. The molecule has 4 aromatic rings. The van der Waals surface area contributed by atoms with Gasteiger partial charge in [-0.05, 0) is 59.7 Å². The van der Waals surface area contributed by atoms with Gasteiger partial charge in [0.2, 0.25) is 0 Å². The van der Waals surface area contributed by atoms with Crippen molar-refractivity contribution in [1.29, 1.82) is 5.26 Å². The molecule has 0 saturated heterocycles. The molecule has 0 aliphatic heterocycles. The third-order valence-electron chi connectivity index (χ3n) is 6.97. The van der Waals surface area contributed by atoms with Crippen LogP contribution in [0.15, 0.2) is 89.8 Å². The lowest BCUT2D eigenvalue weighted by atomic mass is 9.85. The minimum atomic E-state index is -5.40. The molecule has 2 atom stereocenters. The molecule has 4 rings (SSSR count). The second-order valence-electron chi connectivity index (χ2n) is 9.84. The van der Waals surface area contributed by atoms with Crippen molar-refractivity contribution in [2.24, 2.45) is 0 Å². The number of sulfone groups is 1. The van der Waals surface area contributed by atoms with Crippen LogP contribution in [0.3, 0.4) is 0 Å². The fourth-order valence-electron chi connectivity index (χ4n) is 4.77. The Hall–Kier alpha value is -5.40. The lowest BCUT2D eigenvalue weighted by Crippen LogP contribution is -2.47. The molecule has 0 aliphatic rings. The summed E-state index contributed by atoms with van der Waals surface area (Å²) in [5.41, 5.74) is -8.61. The van der Waals surface area contributed by atoms with Crippen LogP contribution >= 0.6 is 0 Å². The number of halogens is 5. The highest BCUT2D eigenvalue weighted by atomic mass is 32.2. The minimum absolute atomic E-state index is 0.125. The first-order chi connectivity index (χ1) is 21.5. The Balaban J connectivity index is 2.03. The first-order valence-corrected chi connectivity index (χ1v) is 14.4. The largest absolute Gasteiger partial charge is 0.507 e. The number of phenols is 1. The molecule has 0 aliphatic carbocycles. The Labute approximate surface area is 257 Å². The van der Waals surface area contributed by atoms with E-state index in [0.717, 1.165) is 42.5 Å². The summed E-state index contributed by atoms with van der Waals surface area (Å²) < 4.78 is 99.2. The van der Waals surface area contributed by atoms with Crippen LogP contribution in [-0.4, -0.2) is 36.0 Å². The highest BCUT2D eigenvalue weighted by Crippen LogP contribution is 2.46. The standard InChI is InChI=1S/C30H20F5N3O7S/c31-20-9-7-19(8-10-20)29(41,16-37-28(40)22-3-1-2-4-26(22)39)27(46(44,45)21-11-5-18(15-36)24(32)14-21)17-6-12-25(38(42)43)23(13-17)30(33,34)35/h1-14,27,39,41H,16H2,(H,37,40). The normalized spacial score (nSPS) is 13.7. The number of nitro groups is 1. The zero-order valence-electron chi connectivity index (χ0n) is 23.0. The van der Waals surface area contributed by atoms with Gasteiger partial charge in [-0.2, -0.15) is 18.4 Å². The molecule has 0 aromatic heterocycles. The second kappa shape index (κ2) is 12.5. The number of aliphatic hydroxyl groups is 1. The van der Waals surface area contributed by atoms with E-state index >= 15 is 0 Å². The number of para-hydroxylation sites is 1. The summed E-state index contributed by atoms with van der Waals surface area (Å²) in [5.74, 6) is -3.79. The highest BCUT2D eigenvalue weighted by molar-refractivity contribution is 7.91. The summed E-state index contributed by atoms with van der Waals surface area (Å²) >= 11 is 0. The summed E-state index contributed by atoms with van der Waals surface area (Å²) in [6.07, 6.45) is -5.40. The molecule has 46 heavy (non-hydrogen) atoms. The van der Waals surface area contributed by atoms with Crippen molar-refractivity contribution in [3.8, 4) is 11.8 Å². The number of nitrogens with one attached hydrogen (secondary N) is 1. The van der Waals surface area contributed by atoms with Crippen molar-refractivity contribution in [3.05, 3.63) is 134 Å². The maximum absolute atomic E-state index is 14.7. The average Bonchev–Trinajstić information content (AvgIpc) is 2.99. The number of amides is 1. The van der Waals surface area contributed by atoms with E-state index in [1.807, 2.05) is 0 Å². The molecular weight excluding hydrogens is 641 g/mol. The Bertz CT molecular complexity index is 1980. The number of nitriles is 1. The highest BCUT2D eigenvalue weighted by Gasteiger charge is 2.50. The van der Waals surface area contributed by atoms with Gasteiger partial charge < -0.3 is 15.5 Å². The van der Waals surface area contributed by atoms with Crippen LogP contribution in [0.1, 0.15) is 37.9 Å². The number of rotatable bonds is 9. The van der Waals surface area contributed by atoms with Crippen molar-refractivity contribution >= 4 is 21.4 Å². The maximum atomic E-state index is 14.7. The van der Waals surface area contributed by atoms with Crippen molar-refractivity contribution in [1.82, 2.24) is 5.32 Å². The van der Waals surface area contributed by atoms with E-state index in [-0.39, 0.29) is 11.6 Å². The molecule has 0 bridgehead atoms. The number of carbonyl (C=O) groups is 1. The molecule has 3 N–H and O–H groups in total. The summed E-state index contributed by atoms with van der Waals surface area (Å²) in [6, 6.07) is 12.9. The molecule has 1 amide bonds. The molecule has 16 heteroatoms. The third-order valence-corrected chi connectivity index (χ3v) is 9.16. The summed E-state index contributed by atoms with van der Waals surface area (Å²) in [6.45, 7) is -1.12. The second-order valence-corrected chi connectivity index (χ2v) is 11.9. The molecule has 0 radical (unpaired) electrons. The summed E-state index contributed by atoms with van der Waals surface area (Å²) in [7, 11) is -5.26. The Morgan fingerprint density at radius 1 is 1.00 bits per heavy atom. The van der Waals surface area contributed by atoms with Gasteiger partial charge in [0.05, 0.1) is 27.5 Å². The zero-order chi connectivity index (χ0) is 34.0. The van der Waals surface area contributed by atoms with Gasteiger partial charge >= 0.3 is 6.18 Å². The number of hydrogen-bond donors (Lipinski definition) is 3. The van der Waals surface area contributed by atoms with E-state index in [4.69, 9.17) is 5.26 Å². The van der Waals surface area contributed by atoms with Gasteiger partial charge in [-0.3, -0.25) is 14.9 Å². The molecule has 10 nitrogen and oxygen atoms in total. The SMILES string of the molecule is N#Cc1ccc(S(=O)(=O)C(c2ccc([N+](=O)[O-])c(C(F)(F)F)c2)C(O)(CNC(=O)c2ccccc2O)c2ccc(F)cc2)cc1F. The third kappa shape index (κ3) is 6.50. The van der Waals surface area contributed by atoms with Gasteiger partial charge in [-0.25, -0.2) is 17.2 Å². The van der Waals surface area contributed by atoms with Crippen molar-refractivity contribution in [2.45, 2.75) is 21.9 Å². The van der Waals surface area contributed by atoms with Crippen molar-refractivity contribution < 1.29 is 50.3 Å². The van der Waals surface area contributed by atoms with E-state index in [1.54, 1.807) is 0 Å². The van der Waals surface area contributed by atoms with E-state index in [2.05, 4.69) is 5.32 Å². The van der Waals surface area contributed by atoms with E-state index < -0.39 is 94.5 Å². The first kappa shape index (κ1) is 33.5. The Morgan fingerprint density at radius 3 is 2.22 bits per heavy atom. The molecule has 0 spiro atoms. The van der Waals surface area contributed by atoms with Crippen LogP contribution in [0.25, 0.3) is 0 Å². The molecule has 4 aromatic carbocycles. The quantitative estimate of drug-likeness (QED) is 0.123. The average molecular weight is 662 g/mol. The van der Waals surface area contributed by atoms with Gasteiger partial charge in [0.1, 0.15) is 39.9 Å². The smallest absolute Gasteiger partial charge is 0.423 e. The number of benzene rings is 4. The van der Waals surface area contributed by atoms with Crippen LogP contribution in [0.2, 0.25) is 0 Å². The Kier molecular flexibility index (Phi) is 9.13. The Morgan fingerprint density at radius 2 is 1.65 bits per heavy atom. The zero-order valence-corrected chi connectivity index (χ0v) is 23.8. The van der Waals surface area contributed by atoms with Crippen molar-refractivity contribution in [2.75, 3.05) is 6.54 Å². The molecule has 238 valence electrons. The topological polar surface area (TPSA) is 171 Å². The maximum Gasteiger partial charge on any atom is 0.423 e. The van der Waals surface area contributed by atoms with Gasteiger partial charge in [-0.15, -0.1) is 0 Å².